The summed E-state index contributed by atoms with van der Waals surface area (Å²) in [6.45, 7) is 5.51. The van der Waals surface area contributed by atoms with Gasteiger partial charge in [-0.2, -0.15) is 15.6 Å². The Bertz CT molecular complexity index is 629. The maximum absolute atomic E-state index is 11.3. The van der Waals surface area contributed by atoms with Crippen LogP contribution in [0.1, 0.15) is 18.1 Å². The number of carbonyl (C=O) groups is 1. The number of esters is 1. The lowest BCUT2D eigenvalue weighted by Gasteiger charge is -2.13. The number of carbonyl (C=O) groups excluding carboxylic acids is 1. The predicted octanol–water partition coefficient (Wildman–Crippen LogP) is 2.06. The van der Waals surface area contributed by atoms with Gasteiger partial charge in [0.1, 0.15) is 17.9 Å². The van der Waals surface area contributed by atoms with Crippen molar-refractivity contribution >= 4 is 17.4 Å². The van der Waals surface area contributed by atoms with Crippen LogP contribution in [0.25, 0.3) is 0 Å². The number of nitriles is 2. The summed E-state index contributed by atoms with van der Waals surface area (Å²) in [7, 11) is 0. The lowest BCUT2D eigenvalue weighted by Crippen LogP contribution is -2.15. The van der Waals surface area contributed by atoms with Crippen molar-refractivity contribution in [1.29, 1.82) is 10.5 Å². The van der Waals surface area contributed by atoms with E-state index < -0.39 is 5.97 Å². The molecule has 7 heteroatoms. The molecule has 0 atom stereocenters. The van der Waals surface area contributed by atoms with Crippen LogP contribution in [-0.2, 0) is 9.53 Å². The lowest BCUT2D eigenvalue weighted by atomic mass is 10.1. The fourth-order valence-corrected chi connectivity index (χ4v) is 1.77. The third-order valence-electron chi connectivity index (χ3n) is 2.61. The number of hydrazone groups is 1. The third-order valence-corrected chi connectivity index (χ3v) is 2.61. The molecule has 7 nitrogen and oxygen atoms in total. The highest BCUT2D eigenvalue weighted by Crippen LogP contribution is 2.27. The molecule has 0 saturated heterocycles. The van der Waals surface area contributed by atoms with Crippen molar-refractivity contribution in [3.05, 3.63) is 23.3 Å². The van der Waals surface area contributed by atoms with Crippen molar-refractivity contribution in [3.63, 3.8) is 0 Å². The normalized spacial score (nSPS) is 9.14. The fraction of sp³-hybridized carbons (Fsp3) is 0.333. The van der Waals surface area contributed by atoms with Gasteiger partial charge in [0.05, 0.1) is 12.3 Å². The topological polar surface area (TPSA) is 108 Å². The maximum Gasteiger partial charge on any atom is 0.344 e. The number of hydrogen-bond acceptors (Lipinski definition) is 7. The van der Waals surface area contributed by atoms with E-state index in [2.05, 4.69) is 10.5 Å². The average molecular weight is 300 g/mol. The van der Waals surface area contributed by atoms with Crippen LogP contribution in [0.4, 0.5) is 5.69 Å². The second-order valence-electron chi connectivity index (χ2n) is 4.33. The van der Waals surface area contributed by atoms with E-state index in [0.717, 1.165) is 11.1 Å². The molecule has 0 heterocycles. The van der Waals surface area contributed by atoms with Gasteiger partial charge < -0.3 is 9.47 Å². The summed E-state index contributed by atoms with van der Waals surface area (Å²) >= 11 is 0. The SMILES string of the molecule is CCOC(=O)COc1c(C)cc(NN=C(C#N)C#N)cc1C. The molecule has 0 spiro atoms. The Labute approximate surface area is 128 Å². The molecule has 0 fully saturated rings. The van der Waals surface area contributed by atoms with Gasteiger partial charge >= 0.3 is 5.97 Å². The number of benzene rings is 1. The molecular formula is C15H16N4O3. The summed E-state index contributed by atoms with van der Waals surface area (Å²) < 4.78 is 10.3. The summed E-state index contributed by atoms with van der Waals surface area (Å²) in [4.78, 5) is 11.3. The highest BCUT2D eigenvalue weighted by Gasteiger charge is 2.09. The van der Waals surface area contributed by atoms with E-state index in [9.17, 15) is 4.79 Å². The molecule has 22 heavy (non-hydrogen) atoms. The summed E-state index contributed by atoms with van der Waals surface area (Å²) in [6, 6.07) is 6.79. The van der Waals surface area contributed by atoms with Gasteiger partial charge in [-0.3, -0.25) is 5.43 Å². The molecule has 1 aromatic rings. The van der Waals surface area contributed by atoms with Crippen LogP contribution in [0.15, 0.2) is 17.2 Å². The van der Waals surface area contributed by atoms with Crippen molar-refractivity contribution in [2.45, 2.75) is 20.8 Å². The molecule has 0 amide bonds. The van der Waals surface area contributed by atoms with E-state index in [4.69, 9.17) is 20.0 Å². The van der Waals surface area contributed by atoms with Gasteiger partial charge in [0.25, 0.3) is 0 Å². The first kappa shape index (κ1) is 17.0. The quantitative estimate of drug-likeness (QED) is 0.489. The maximum atomic E-state index is 11.3. The Morgan fingerprint density at radius 1 is 1.27 bits per heavy atom. The standard InChI is InChI=1S/C15H16N4O3/c1-4-21-14(20)9-22-15-10(2)5-12(6-11(15)3)18-19-13(7-16)8-17/h5-6,18H,4,9H2,1-3H3. The summed E-state index contributed by atoms with van der Waals surface area (Å²) in [6.07, 6.45) is 0. The zero-order chi connectivity index (χ0) is 16.5. The van der Waals surface area contributed by atoms with Crippen LogP contribution in [0.3, 0.4) is 0 Å². The van der Waals surface area contributed by atoms with Crippen LogP contribution in [-0.4, -0.2) is 24.9 Å². The first-order valence-corrected chi connectivity index (χ1v) is 6.55. The first-order chi connectivity index (χ1) is 10.5. The van der Waals surface area contributed by atoms with E-state index >= 15 is 0 Å². The second kappa shape index (κ2) is 8.28. The highest BCUT2D eigenvalue weighted by molar-refractivity contribution is 6.10. The Hall–Kier alpha value is -3.06. The Morgan fingerprint density at radius 2 is 1.86 bits per heavy atom. The van der Waals surface area contributed by atoms with Crippen molar-refractivity contribution in [1.82, 2.24) is 0 Å². The number of nitrogens with one attached hydrogen (secondary N) is 1. The fourth-order valence-electron chi connectivity index (χ4n) is 1.77. The Kier molecular flexibility index (Phi) is 6.39. The van der Waals surface area contributed by atoms with E-state index in [1.54, 1.807) is 31.2 Å². The van der Waals surface area contributed by atoms with Gasteiger partial charge in [-0.25, -0.2) is 4.79 Å². The lowest BCUT2D eigenvalue weighted by molar-refractivity contribution is -0.145. The minimum atomic E-state index is -0.430. The van der Waals surface area contributed by atoms with E-state index in [1.807, 2.05) is 13.8 Å². The van der Waals surface area contributed by atoms with Crippen LogP contribution >= 0.6 is 0 Å². The van der Waals surface area contributed by atoms with E-state index in [0.29, 0.717) is 18.0 Å². The number of rotatable bonds is 6. The van der Waals surface area contributed by atoms with Gasteiger partial charge in [-0.15, -0.1) is 0 Å². The number of nitrogens with zero attached hydrogens (tertiary/aromatic N) is 3. The zero-order valence-electron chi connectivity index (χ0n) is 12.6. The molecule has 114 valence electrons. The average Bonchev–Trinajstić information content (AvgIpc) is 2.47. The molecule has 0 aliphatic heterocycles. The minimum absolute atomic E-state index is 0.159. The smallest absolute Gasteiger partial charge is 0.344 e. The molecule has 0 aliphatic rings. The van der Waals surface area contributed by atoms with E-state index in [-0.39, 0.29) is 12.3 Å². The summed E-state index contributed by atoms with van der Waals surface area (Å²) in [5.41, 5.74) is 4.56. The molecule has 1 N–H and O–H groups in total. The largest absolute Gasteiger partial charge is 0.481 e. The van der Waals surface area contributed by atoms with Gasteiger partial charge in [-0.05, 0) is 44.0 Å². The molecule has 0 radical (unpaired) electrons. The summed E-state index contributed by atoms with van der Waals surface area (Å²) in [5, 5.41) is 20.9. The molecule has 0 unspecified atom stereocenters. The Balaban J connectivity index is 2.85. The van der Waals surface area contributed by atoms with Crippen LogP contribution < -0.4 is 10.2 Å². The van der Waals surface area contributed by atoms with Gasteiger partial charge in [0, 0.05) is 0 Å². The first-order valence-electron chi connectivity index (χ1n) is 6.55. The molecular weight excluding hydrogens is 284 g/mol. The summed E-state index contributed by atoms with van der Waals surface area (Å²) in [5.74, 6) is 0.157. The predicted molar refractivity (Wildman–Crippen MR) is 80.3 cm³/mol. The van der Waals surface area contributed by atoms with Gasteiger partial charge in [0.2, 0.25) is 5.71 Å². The zero-order valence-corrected chi connectivity index (χ0v) is 12.6. The number of anilines is 1. The van der Waals surface area contributed by atoms with Crippen molar-refractivity contribution in [3.8, 4) is 17.9 Å². The molecule has 0 aliphatic carbocycles. The highest BCUT2D eigenvalue weighted by atomic mass is 16.6. The second-order valence-corrected chi connectivity index (χ2v) is 4.33. The molecule has 0 aromatic heterocycles. The third kappa shape index (κ3) is 4.80. The van der Waals surface area contributed by atoms with Crippen molar-refractivity contribution in [2.24, 2.45) is 5.10 Å². The molecule has 0 saturated carbocycles. The van der Waals surface area contributed by atoms with Crippen molar-refractivity contribution in [2.75, 3.05) is 18.6 Å². The van der Waals surface area contributed by atoms with Crippen LogP contribution in [0, 0.1) is 36.5 Å². The van der Waals surface area contributed by atoms with Crippen molar-refractivity contribution < 1.29 is 14.3 Å². The minimum Gasteiger partial charge on any atom is -0.481 e. The number of aryl methyl sites for hydroxylation is 2. The molecule has 1 rings (SSSR count). The van der Waals surface area contributed by atoms with Crippen LogP contribution in [0.5, 0.6) is 5.75 Å². The van der Waals surface area contributed by atoms with Gasteiger partial charge in [-0.1, -0.05) is 0 Å². The van der Waals surface area contributed by atoms with Crippen LogP contribution in [0.2, 0.25) is 0 Å². The number of hydrogen-bond donors (Lipinski definition) is 1. The van der Waals surface area contributed by atoms with Gasteiger partial charge in [0.15, 0.2) is 6.61 Å². The Morgan fingerprint density at radius 3 is 2.36 bits per heavy atom. The monoisotopic (exact) mass is 300 g/mol. The van der Waals surface area contributed by atoms with E-state index in [1.165, 1.54) is 0 Å². The molecule has 0 bridgehead atoms. The molecule has 1 aromatic carbocycles. The number of ether oxygens (including phenoxy) is 2.